The third-order valence-electron chi connectivity index (χ3n) is 13.9. The van der Waals surface area contributed by atoms with Crippen LogP contribution in [0.15, 0.2) is 103 Å². The lowest BCUT2D eigenvalue weighted by molar-refractivity contribution is -0.155. The molecule has 0 saturated heterocycles. The van der Waals surface area contributed by atoms with Crippen LogP contribution in [0, 0.1) is 38.5 Å². The Morgan fingerprint density at radius 1 is 0.691 bits per heavy atom. The minimum atomic E-state index is -1.22. The number of benzene rings is 5. The minimum Gasteiger partial charge on any atom is -0.505 e. The molecule has 1 aliphatic rings. The van der Waals surface area contributed by atoms with Crippen molar-refractivity contribution in [1.82, 2.24) is 9.80 Å². The number of likely N-dealkylation sites (N-methyl/N-ethyl adjacent to an activating group) is 2. The number of para-hydroxylation sites is 1. The number of rotatable bonds is 19. The van der Waals surface area contributed by atoms with Crippen molar-refractivity contribution in [2.45, 2.75) is 119 Å². The van der Waals surface area contributed by atoms with E-state index in [1.807, 2.05) is 113 Å². The van der Waals surface area contributed by atoms with Crippen molar-refractivity contribution in [3.63, 3.8) is 0 Å². The van der Waals surface area contributed by atoms with E-state index >= 15 is 9.59 Å². The molecule has 4 atom stereocenters. The molecule has 11 heteroatoms. The first-order chi connectivity index (χ1) is 32.3. The summed E-state index contributed by atoms with van der Waals surface area (Å²) in [6, 6.07) is 31.9. The van der Waals surface area contributed by atoms with Crippen molar-refractivity contribution >= 4 is 23.9 Å². The fourth-order valence-electron chi connectivity index (χ4n) is 10.2. The fourth-order valence-corrected chi connectivity index (χ4v) is 10.2. The van der Waals surface area contributed by atoms with Gasteiger partial charge in [0.05, 0.1) is 5.69 Å². The number of phenols is 1. The van der Waals surface area contributed by atoms with Crippen molar-refractivity contribution in [2.75, 3.05) is 33.2 Å². The highest BCUT2D eigenvalue weighted by Crippen LogP contribution is 2.51. The summed E-state index contributed by atoms with van der Waals surface area (Å²) >= 11 is 0. The number of aryl methyl sites for hydroxylation is 4. The third kappa shape index (κ3) is 11.4. The predicted molar refractivity (Wildman–Crippen MR) is 268 cm³/mol. The number of carbonyl (C=O) groups excluding carboxylic acids is 3. The molecule has 1 aliphatic carbocycles. The number of hydrogen-bond acceptors (Lipinski definition) is 8. The molecule has 3 amide bonds. The van der Waals surface area contributed by atoms with Gasteiger partial charge >= 0.3 is 0 Å². The number of aromatic hydroxyl groups is 1. The average Bonchev–Trinajstić information content (AvgIpc) is 3.31. The second kappa shape index (κ2) is 21.8. The van der Waals surface area contributed by atoms with Gasteiger partial charge in [-0.1, -0.05) is 119 Å². The highest BCUT2D eigenvalue weighted by molar-refractivity contribution is 5.87. The third-order valence-corrected chi connectivity index (χ3v) is 13.9. The highest BCUT2D eigenvalue weighted by atomic mass is 16.5. The first-order valence-corrected chi connectivity index (χ1v) is 23.6. The lowest BCUT2D eigenvalue weighted by atomic mass is 9.61. The molecule has 0 bridgehead atoms. The van der Waals surface area contributed by atoms with Crippen molar-refractivity contribution in [2.24, 2.45) is 10.8 Å². The predicted octanol–water partition coefficient (Wildman–Crippen LogP) is 11.4. The molecular weight excluding hydrogens is 855 g/mol. The van der Waals surface area contributed by atoms with E-state index in [0.717, 1.165) is 77.0 Å². The van der Waals surface area contributed by atoms with Crippen LogP contribution in [0.5, 0.6) is 17.2 Å². The average molecular weight is 926 g/mol. The lowest BCUT2D eigenvalue weighted by Gasteiger charge is -2.49. The molecule has 0 aliphatic heterocycles. The number of amides is 3. The molecule has 0 aromatic heterocycles. The molecule has 1 fully saturated rings. The van der Waals surface area contributed by atoms with Crippen LogP contribution in [0.3, 0.4) is 0 Å². The molecule has 11 nitrogen and oxygen atoms in total. The zero-order chi connectivity index (χ0) is 49.5. The number of methoxy groups -OCH3 is 2. The van der Waals surface area contributed by atoms with Crippen LogP contribution >= 0.6 is 0 Å². The van der Waals surface area contributed by atoms with E-state index in [2.05, 4.69) is 27.7 Å². The Morgan fingerprint density at radius 2 is 1.16 bits per heavy atom. The van der Waals surface area contributed by atoms with E-state index in [1.54, 1.807) is 37.2 Å². The second-order valence-electron chi connectivity index (χ2n) is 19.8. The number of phenolic OH excluding ortho intramolecular Hbond substituents is 1. The molecule has 5 aromatic carbocycles. The topological polar surface area (TPSA) is 118 Å². The number of carbonyl (C=O) groups is 3. The van der Waals surface area contributed by atoms with Gasteiger partial charge in [0.25, 0.3) is 11.8 Å². The first kappa shape index (κ1) is 51.2. The van der Waals surface area contributed by atoms with E-state index in [9.17, 15) is 9.90 Å². The Balaban J connectivity index is 1.41. The molecule has 362 valence electrons. The molecule has 6 rings (SSSR count). The van der Waals surface area contributed by atoms with Gasteiger partial charge in [0.2, 0.25) is 6.41 Å². The summed E-state index contributed by atoms with van der Waals surface area (Å²) in [6.45, 7) is 17.2. The Kier molecular flexibility index (Phi) is 16.5. The first-order valence-electron chi connectivity index (χ1n) is 23.6. The maximum atomic E-state index is 15.2. The summed E-state index contributed by atoms with van der Waals surface area (Å²) in [5.74, 6) is 0.270. The van der Waals surface area contributed by atoms with Gasteiger partial charge in [-0.2, -0.15) is 0 Å². The Morgan fingerprint density at radius 3 is 1.62 bits per heavy atom. The van der Waals surface area contributed by atoms with E-state index in [0.29, 0.717) is 16.8 Å². The van der Waals surface area contributed by atoms with Crippen LogP contribution in [-0.4, -0.2) is 67.5 Å². The molecule has 1 saturated carbocycles. The number of ether oxygens (including phenoxy) is 4. The molecule has 0 spiro atoms. The van der Waals surface area contributed by atoms with E-state index in [4.69, 9.17) is 18.9 Å². The number of nitrogens with zero attached hydrogens (tertiary/aromatic N) is 3. The van der Waals surface area contributed by atoms with E-state index in [1.165, 1.54) is 24.0 Å². The molecule has 4 unspecified atom stereocenters. The van der Waals surface area contributed by atoms with Crippen molar-refractivity contribution in [3.05, 3.63) is 153 Å². The van der Waals surface area contributed by atoms with E-state index in [-0.39, 0.29) is 41.4 Å². The second-order valence-corrected chi connectivity index (χ2v) is 19.8. The lowest BCUT2D eigenvalue weighted by Crippen LogP contribution is -2.48. The zero-order valence-electron chi connectivity index (χ0n) is 42.1. The number of hydrogen-bond donors (Lipinski definition) is 1. The molecule has 0 radical (unpaired) electrons. The Hall–Kier alpha value is -6.17. The van der Waals surface area contributed by atoms with Crippen LogP contribution in [-0.2, 0) is 37.1 Å². The maximum absolute atomic E-state index is 15.2. The van der Waals surface area contributed by atoms with Gasteiger partial charge in [0.1, 0.15) is 36.6 Å². The fraction of sp³-hybridized carbons (Fsp3) is 0.421. The minimum absolute atomic E-state index is 0.0204. The monoisotopic (exact) mass is 926 g/mol. The summed E-state index contributed by atoms with van der Waals surface area (Å²) in [6.07, 6.45) is 0.717. The van der Waals surface area contributed by atoms with Crippen molar-refractivity contribution < 1.29 is 38.4 Å². The molecule has 1 N–H and O–H groups in total. The van der Waals surface area contributed by atoms with Crippen molar-refractivity contribution in [3.8, 4) is 17.2 Å². The van der Waals surface area contributed by atoms with Gasteiger partial charge in [-0.05, 0) is 120 Å². The maximum Gasteiger partial charge on any atom is 0.257 e. The van der Waals surface area contributed by atoms with Crippen LogP contribution in [0.2, 0.25) is 0 Å². The summed E-state index contributed by atoms with van der Waals surface area (Å²) in [7, 11) is 6.12. The normalized spacial score (nSPS) is 17.9. The summed E-state index contributed by atoms with van der Waals surface area (Å²) < 4.78 is 24.8. The van der Waals surface area contributed by atoms with Crippen LogP contribution < -0.4 is 14.4 Å². The molecule has 0 heterocycles. The van der Waals surface area contributed by atoms with E-state index < -0.39 is 30.2 Å². The van der Waals surface area contributed by atoms with Gasteiger partial charge in [0.15, 0.2) is 12.2 Å². The van der Waals surface area contributed by atoms with Gasteiger partial charge in [-0.15, -0.1) is 0 Å². The Labute approximate surface area is 404 Å². The van der Waals surface area contributed by atoms with Crippen molar-refractivity contribution in [1.29, 1.82) is 0 Å². The SMILES string of the molecule is CCC1(C)CC(N(C=O)c2cccc(C(N(C)C(=O)C(OC)c3ccccc3COc3cc(C)ccc3C)N(C)C(=O)C(OC)c3ccccc3COc3cc(C)ccc3C)c2O)CC(C)(C)C1. The quantitative estimate of drug-likeness (QED) is 0.0643. The molecule has 5 aromatic rings. The zero-order valence-corrected chi connectivity index (χ0v) is 42.1. The smallest absolute Gasteiger partial charge is 0.257 e. The van der Waals surface area contributed by atoms with Crippen LogP contribution in [0.25, 0.3) is 0 Å². The number of anilines is 1. The van der Waals surface area contributed by atoms with Crippen LogP contribution in [0.4, 0.5) is 5.69 Å². The van der Waals surface area contributed by atoms with Gasteiger partial charge in [-0.25, -0.2) is 0 Å². The standard InChI is InChI=1S/C57H71N3O8/c1-13-57(8)32-43(31-56(6,7)35-57)60(36-61)47-24-18-23-46(50(47)62)53(58(9)54(63)51(65-11)44-21-16-14-19-41(44)33-67-48-29-37(2)25-27-39(48)4)59(10)55(64)52(66-12)45-22-17-15-20-42(45)34-68-49-30-38(3)26-28-40(49)5/h14-30,36,43,51-53,62H,13,31-35H2,1-12H3. The van der Waals surface area contributed by atoms with Gasteiger partial charge < -0.3 is 38.8 Å². The molecule has 68 heavy (non-hydrogen) atoms. The van der Waals surface area contributed by atoms with Gasteiger partial charge in [0, 0.05) is 39.9 Å². The molecular formula is C57H71N3O8. The van der Waals surface area contributed by atoms with Crippen LogP contribution in [0.1, 0.15) is 122 Å². The summed E-state index contributed by atoms with van der Waals surface area (Å²) in [5, 5.41) is 12.6. The Bertz CT molecular complexity index is 2450. The highest BCUT2D eigenvalue weighted by Gasteiger charge is 2.44. The van der Waals surface area contributed by atoms with Gasteiger partial charge in [-0.3, -0.25) is 14.4 Å². The largest absolute Gasteiger partial charge is 0.505 e. The summed E-state index contributed by atoms with van der Waals surface area (Å²) in [4.78, 5) is 48.1. The summed E-state index contributed by atoms with van der Waals surface area (Å²) in [5.41, 5.74) is 7.18.